The first kappa shape index (κ1) is 16.6. The summed E-state index contributed by atoms with van der Waals surface area (Å²) in [5.41, 5.74) is 2.62. The molecule has 0 saturated carbocycles. The molecule has 0 aromatic rings. The molecule has 0 unspecified atom stereocenters. The highest BCUT2D eigenvalue weighted by atomic mass is 16.5. The lowest BCUT2D eigenvalue weighted by Gasteiger charge is -2.36. The first-order valence-corrected chi connectivity index (χ1v) is 7.57. The van der Waals surface area contributed by atoms with E-state index in [-0.39, 0.29) is 0 Å². The van der Waals surface area contributed by atoms with Gasteiger partial charge in [-0.05, 0) is 18.2 Å². The third-order valence-corrected chi connectivity index (χ3v) is 3.47. The molecule has 0 spiro atoms. The zero-order valence-electron chi connectivity index (χ0n) is 13.0. The Balaban J connectivity index is 0.000000956. The van der Waals surface area contributed by atoms with Crippen LogP contribution in [0.25, 0.3) is 0 Å². The maximum Gasteiger partial charge on any atom is 0.0642 e. The topological polar surface area (TPSA) is 15.7 Å². The number of morpholine rings is 1. The molecule has 0 aromatic heterocycles. The van der Waals surface area contributed by atoms with E-state index in [4.69, 9.17) is 4.74 Å². The molecule has 0 bridgehead atoms. The van der Waals surface area contributed by atoms with Crippen LogP contribution in [0, 0.1) is 0 Å². The van der Waals surface area contributed by atoms with Gasteiger partial charge < -0.3 is 14.5 Å². The van der Waals surface area contributed by atoms with Crippen molar-refractivity contribution in [3.8, 4) is 0 Å². The van der Waals surface area contributed by atoms with Crippen LogP contribution in [0.2, 0.25) is 0 Å². The van der Waals surface area contributed by atoms with Gasteiger partial charge in [-0.2, -0.15) is 0 Å². The number of allylic oxidation sites excluding steroid dienone is 3. The third-order valence-electron chi connectivity index (χ3n) is 3.47. The molecule has 3 nitrogen and oxygen atoms in total. The summed E-state index contributed by atoms with van der Waals surface area (Å²) in [6, 6.07) is 0. The highest BCUT2D eigenvalue weighted by Crippen LogP contribution is 2.19. The fourth-order valence-electron chi connectivity index (χ4n) is 2.45. The van der Waals surface area contributed by atoms with E-state index in [1.165, 1.54) is 5.70 Å². The first-order chi connectivity index (χ1) is 9.85. The fraction of sp³-hybridized carbons (Fsp3) is 0.529. The number of nitrogens with zero attached hydrogens (tertiary/aromatic N) is 2. The molecule has 0 atom stereocenters. The molecule has 1 saturated heterocycles. The van der Waals surface area contributed by atoms with Crippen molar-refractivity contribution in [2.45, 2.75) is 20.3 Å². The van der Waals surface area contributed by atoms with Crippen molar-refractivity contribution in [1.29, 1.82) is 0 Å². The molecule has 2 heterocycles. The van der Waals surface area contributed by atoms with Gasteiger partial charge in [0.15, 0.2) is 0 Å². The highest BCUT2D eigenvalue weighted by Gasteiger charge is 2.18. The van der Waals surface area contributed by atoms with Crippen LogP contribution in [0.15, 0.2) is 48.9 Å². The molecule has 2 aliphatic rings. The van der Waals surface area contributed by atoms with Gasteiger partial charge in [0, 0.05) is 44.0 Å². The van der Waals surface area contributed by atoms with Gasteiger partial charge in [0.25, 0.3) is 0 Å². The van der Waals surface area contributed by atoms with Gasteiger partial charge in [-0.3, -0.25) is 0 Å². The normalized spacial score (nSPS) is 19.7. The highest BCUT2D eigenvalue weighted by molar-refractivity contribution is 5.23. The van der Waals surface area contributed by atoms with Gasteiger partial charge >= 0.3 is 0 Å². The van der Waals surface area contributed by atoms with Crippen LogP contribution in [0.3, 0.4) is 0 Å². The Morgan fingerprint density at radius 3 is 2.40 bits per heavy atom. The molecule has 2 rings (SSSR count). The summed E-state index contributed by atoms with van der Waals surface area (Å²) in [5.74, 6) is 0. The lowest BCUT2D eigenvalue weighted by atomic mass is 10.1. The first-order valence-electron chi connectivity index (χ1n) is 7.57. The predicted octanol–water partition coefficient (Wildman–Crippen LogP) is 3.19. The molecule has 0 amide bonds. The largest absolute Gasteiger partial charge is 0.378 e. The van der Waals surface area contributed by atoms with Gasteiger partial charge in [0.05, 0.1) is 13.2 Å². The summed E-state index contributed by atoms with van der Waals surface area (Å²) in [6.07, 6.45) is 9.16. The van der Waals surface area contributed by atoms with Crippen LogP contribution in [-0.2, 0) is 4.74 Å². The van der Waals surface area contributed by atoms with Crippen molar-refractivity contribution < 1.29 is 4.74 Å². The fourth-order valence-corrected chi connectivity index (χ4v) is 2.45. The van der Waals surface area contributed by atoms with Crippen LogP contribution >= 0.6 is 0 Å². The Morgan fingerprint density at radius 2 is 1.90 bits per heavy atom. The monoisotopic (exact) mass is 276 g/mol. The molecule has 2 aliphatic heterocycles. The van der Waals surface area contributed by atoms with Crippen molar-refractivity contribution in [1.82, 2.24) is 9.80 Å². The SMILES string of the molecule is C=C/C=C(\C=C)N1CC=C(N2CCOCC2)CC1.CC. The zero-order chi connectivity index (χ0) is 14.8. The third kappa shape index (κ3) is 4.57. The standard InChI is InChI=1S/C15H22N2O.C2H6/c1-3-5-14(4-2)16-8-6-15(7-9-16)17-10-12-18-13-11-17;1-2/h3-6H,1-2,7-13H2;1-2H3/b14-5+;. The Morgan fingerprint density at radius 1 is 1.20 bits per heavy atom. The summed E-state index contributed by atoms with van der Waals surface area (Å²) in [5, 5.41) is 0. The lowest BCUT2D eigenvalue weighted by Crippen LogP contribution is -2.39. The van der Waals surface area contributed by atoms with E-state index in [1.54, 1.807) is 0 Å². The molecule has 3 heteroatoms. The second kappa shape index (κ2) is 9.43. The summed E-state index contributed by atoms with van der Waals surface area (Å²) in [7, 11) is 0. The smallest absolute Gasteiger partial charge is 0.0642 e. The zero-order valence-corrected chi connectivity index (χ0v) is 13.0. The predicted molar refractivity (Wildman–Crippen MR) is 86.5 cm³/mol. The van der Waals surface area contributed by atoms with Crippen LogP contribution < -0.4 is 0 Å². The Labute approximate surface area is 123 Å². The second-order valence-electron chi connectivity index (χ2n) is 4.52. The van der Waals surface area contributed by atoms with Gasteiger partial charge in [-0.25, -0.2) is 0 Å². The van der Waals surface area contributed by atoms with Gasteiger partial charge in [-0.1, -0.05) is 33.1 Å². The van der Waals surface area contributed by atoms with E-state index in [2.05, 4.69) is 29.0 Å². The minimum Gasteiger partial charge on any atom is -0.378 e. The Kier molecular flexibility index (Phi) is 7.81. The van der Waals surface area contributed by atoms with E-state index in [0.717, 1.165) is 51.5 Å². The summed E-state index contributed by atoms with van der Waals surface area (Å²) >= 11 is 0. The molecule has 0 aromatic carbocycles. The average Bonchev–Trinajstić information content (AvgIpc) is 2.55. The molecule has 20 heavy (non-hydrogen) atoms. The van der Waals surface area contributed by atoms with Gasteiger partial charge in [0.1, 0.15) is 0 Å². The lowest BCUT2D eigenvalue weighted by molar-refractivity contribution is 0.0504. The van der Waals surface area contributed by atoms with E-state index in [9.17, 15) is 0 Å². The molecule has 112 valence electrons. The Bertz CT molecular complexity index is 365. The van der Waals surface area contributed by atoms with Crippen molar-refractivity contribution >= 4 is 0 Å². The average molecular weight is 276 g/mol. The van der Waals surface area contributed by atoms with Crippen LogP contribution in [0.1, 0.15) is 20.3 Å². The molecular formula is C17H28N2O. The molecular weight excluding hydrogens is 248 g/mol. The minimum absolute atomic E-state index is 0.856. The van der Waals surface area contributed by atoms with Crippen LogP contribution in [0.5, 0.6) is 0 Å². The maximum absolute atomic E-state index is 5.39. The second-order valence-corrected chi connectivity index (χ2v) is 4.52. The van der Waals surface area contributed by atoms with Gasteiger partial charge in [0.2, 0.25) is 0 Å². The Hall–Kier alpha value is -1.48. The van der Waals surface area contributed by atoms with Crippen molar-refractivity contribution in [3.63, 3.8) is 0 Å². The van der Waals surface area contributed by atoms with Crippen LogP contribution in [0.4, 0.5) is 0 Å². The molecule has 0 radical (unpaired) electrons. The van der Waals surface area contributed by atoms with E-state index in [1.807, 2.05) is 32.1 Å². The van der Waals surface area contributed by atoms with Gasteiger partial charge in [-0.15, -0.1) is 0 Å². The van der Waals surface area contributed by atoms with Crippen LogP contribution in [-0.4, -0.2) is 49.2 Å². The van der Waals surface area contributed by atoms with Crippen molar-refractivity contribution in [2.24, 2.45) is 0 Å². The van der Waals surface area contributed by atoms with E-state index < -0.39 is 0 Å². The van der Waals surface area contributed by atoms with E-state index in [0.29, 0.717) is 0 Å². The summed E-state index contributed by atoms with van der Waals surface area (Å²) in [4.78, 5) is 4.78. The number of rotatable bonds is 4. The molecule has 0 aliphatic carbocycles. The minimum atomic E-state index is 0.856. The number of ether oxygens (including phenoxy) is 1. The summed E-state index contributed by atoms with van der Waals surface area (Å²) in [6.45, 7) is 17.4. The molecule has 0 N–H and O–H groups in total. The van der Waals surface area contributed by atoms with Crippen molar-refractivity contribution in [2.75, 3.05) is 39.4 Å². The number of hydrogen-bond acceptors (Lipinski definition) is 3. The maximum atomic E-state index is 5.39. The quantitative estimate of drug-likeness (QED) is 0.733. The number of hydrogen-bond donors (Lipinski definition) is 0. The van der Waals surface area contributed by atoms with E-state index >= 15 is 0 Å². The molecule has 1 fully saturated rings. The van der Waals surface area contributed by atoms with Crippen molar-refractivity contribution in [3.05, 3.63) is 48.9 Å². The summed E-state index contributed by atoms with van der Waals surface area (Å²) < 4.78 is 5.39.